The average Bonchev–Trinajstić information content (AvgIpc) is 2.06. The first-order chi connectivity index (χ1) is 6.48. The van der Waals surface area contributed by atoms with Gasteiger partial charge in [0, 0.05) is 18.6 Å². The molecule has 0 spiro atoms. The highest BCUT2D eigenvalue weighted by Crippen LogP contribution is 2.23. The standard InChI is InChI=1S/C9H18N2O2S/c1-7-4-11(3-2-9(7)10)8-5-14(12,13)6-8/h7-9H,2-6,10H2,1H3. The van der Waals surface area contributed by atoms with Crippen LogP contribution in [0, 0.1) is 5.92 Å². The fourth-order valence-corrected chi connectivity index (χ4v) is 3.77. The number of rotatable bonds is 1. The highest BCUT2D eigenvalue weighted by molar-refractivity contribution is 7.92. The first-order valence-corrected chi connectivity index (χ1v) is 7.00. The maximum Gasteiger partial charge on any atom is 0.153 e. The summed E-state index contributed by atoms with van der Waals surface area (Å²) in [4.78, 5) is 2.29. The van der Waals surface area contributed by atoms with Gasteiger partial charge in [0.1, 0.15) is 0 Å². The zero-order valence-electron chi connectivity index (χ0n) is 8.52. The molecule has 2 unspecified atom stereocenters. The summed E-state index contributed by atoms with van der Waals surface area (Å²) in [5, 5.41) is 0. The maximum absolute atomic E-state index is 11.0. The highest BCUT2D eigenvalue weighted by atomic mass is 32.2. The van der Waals surface area contributed by atoms with Crippen molar-refractivity contribution in [1.29, 1.82) is 0 Å². The molecule has 14 heavy (non-hydrogen) atoms. The summed E-state index contributed by atoms with van der Waals surface area (Å²) < 4.78 is 22.1. The molecule has 0 radical (unpaired) electrons. The van der Waals surface area contributed by atoms with Crippen LogP contribution in [-0.2, 0) is 9.84 Å². The molecule has 2 fully saturated rings. The third-order valence-electron chi connectivity index (χ3n) is 3.41. The van der Waals surface area contributed by atoms with Crippen LogP contribution in [0.5, 0.6) is 0 Å². The maximum atomic E-state index is 11.0. The third-order valence-corrected chi connectivity index (χ3v) is 5.20. The van der Waals surface area contributed by atoms with Crippen LogP contribution in [0.3, 0.4) is 0 Å². The Morgan fingerprint density at radius 1 is 1.36 bits per heavy atom. The lowest BCUT2D eigenvalue weighted by Gasteiger charge is -2.43. The van der Waals surface area contributed by atoms with E-state index in [0.717, 1.165) is 19.5 Å². The van der Waals surface area contributed by atoms with Gasteiger partial charge in [-0.2, -0.15) is 0 Å². The van der Waals surface area contributed by atoms with E-state index in [9.17, 15) is 8.42 Å². The molecule has 2 saturated heterocycles. The molecule has 2 rings (SSSR count). The van der Waals surface area contributed by atoms with Gasteiger partial charge in [-0.3, -0.25) is 4.90 Å². The smallest absolute Gasteiger partial charge is 0.153 e. The molecule has 0 aliphatic carbocycles. The lowest BCUT2D eigenvalue weighted by Crippen LogP contribution is -2.58. The van der Waals surface area contributed by atoms with Crippen LogP contribution in [0.2, 0.25) is 0 Å². The second-order valence-corrected chi connectivity index (χ2v) is 6.81. The number of piperidine rings is 1. The quantitative estimate of drug-likeness (QED) is 0.641. The molecule has 82 valence electrons. The van der Waals surface area contributed by atoms with Crippen LogP contribution in [0.25, 0.3) is 0 Å². The van der Waals surface area contributed by atoms with Crippen molar-refractivity contribution in [2.45, 2.75) is 25.4 Å². The number of nitrogens with zero attached hydrogens (tertiary/aromatic N) is 1. The monoisotopic (exact) mass is 218 g/mol. The van der Waals surface area contributed by atoms with Crippen molar-refractivity contribution in [1.82, 2.24) is 4.90 Å². The van der Waals surface area contributed by atoms with Gasteiger partial charge in [0.2, 0.25) is 0 Å². The molecule has 2 aliphatic heterocycles. The van der Waals surface area contributed by atoms with E-state index >= 15 is 0 Å². The van der Waals surface area contributed by atoms with Gasteiger partial charge in [0.15, 0.2) is 9.84 Å². The molecule has 2 aliphatic rings. The zero-order valence-corrected chi connectivity index (χ0v) is 9.33. The van der Waals surface area contributed by atoms with Crippen LogP contribution in [0.1, 0.15) is 13.3 Å². The van der Waals surface area contributed by atoms with Crippen molar-refractivity contribution in [2.75, 3.05) is 24.6 Å². The fraction of sp³-hybridized carbons (Fsp3) is 1.00. The molecule has 0 bridgehead atoms. The Kier molecular flexibility index (Phi) is 2.57. The first-order valence-electron chi connectivity index (χ1n) is 5.18. The van der Waals surface area contributed by atoms with Gasteiger partial charge in [0.05, 0.1) is 11.5 Å². The summed E-state index contributed by atoms with van der Waals surface area (Å²) in [7, 11) is -2.68. The SMILES string of the molecule is CC1CN(C2CS(=O)(=O)C2)CCC1N. The summed E-state index contributed by atoms with van der Waals surface area (Å²) in [6.07, 6.45) is 0.998. The molecule has 0 aromatic rings. The van der Waals surface area contributed by atoms with Crippen LogP contribution in [-0.4, -0.2) is 50.0 Å². The summed E-state index contributed by atoms with van der Waals surface area (Å²) >= 11 is 0. The van der Waals surface area contributed by atoms with Crippen LogP contribution >= 0.6 is 0 Å². The van der Waals surface area contributed by atoms with Gasteiger partial charge in [-0.15, -0.1) is 0 Å². The normalized spacial score (nSPS) is 39.3. The van der Waals surface area contributed by atoms with Crippen molar-refractivity contribution < 1.29 is 8.42 Å². The van der Waals surface area contributed by atoms with Crippen molar-refractivity contribution in [3.05, 3.63) is 0 Å². The molecule has 5 heteroatoms. The summed E-state index contributed by atoms with van der Waals surface area (Å²) in [5.41, 5.74) is 5.91. The van der Waals surface area contributed by atoms with Crippen LogP contribution in [0.15, 0.2) is 0 Å². The minimum Gasteiger partial charge on any atom is -0.327 e. The fourth-order valence-electron chi connectivity index (χ4n) is 2.28. The Labute approximate surface area is 85.4 Å². The van der Waals surface area contributed by atoms with E-state index in [4.69, 9.17) is 5.73 Å². The lowest BCUT2D eigenvalue weighted by atomic mass is 9.94. The Hall–Kier alpha value is -0.130. The average molecular weight is 218 g/mol. The van der Waals surface area contributed by atoms with E-state index in [0.29, 0.717) is 23.5 Å². The number of sulfone groups is 1. The number of hydrogen-bond donors (Lipinski definition) is 1. The Bertz CT molecular complexity index is 303. The Morgan fingerprint density at radius 2 is 2.00 bits per heavy atom. The van der Waals surface area contributed by atoms with E-state index in [1.807, 2.05) is 0 Å². The summed E-state index contributed by atoms with van der Waals surface area (Å²) in [6, 6.07) is 0.567. The summed E-state index contributed by atoms with van der Waals surface area (Å²) in [6.45, 7) is 4.07. The molecular formula is C9H18N2O2S. The van der Waals surface area contributed by atoms with Crippen LogP contribution < -0.4 is 5.73 Å². The van der Waals surface area contributed by atoms with Gasteiger partial charge in [-0.05, 0) is 18.9 Å². The minimum atomic E-state index is -2.68. The second-order valence-electron chi connectivity index (χ2n) is 4.66. The van der Waals surface area contributed by atoms with Gasteiger partial charge in [0.25, 0.3) is 0 Å². The van der Waals surface area contributed by atoms with Crippen molar-refractivity contribution in [3.63, 3.8) is 0 Å². The highest BCUT2D eigenvalue weighted by Gasteiger charge is 2.39. The molecular weight excluding hydrogens is 200 g/mol. The minimum absolute atomic E-state index is 0.273. The van der Waals surface area contributed by atoms with E-state index in [1.165, 1.54) is 0 Å². The van der Waals surface area contributed by atoms with Crippen molar-refractivity contribution in [2.24, 2.45) is 11.7 Å². The van der Waals surface area contributed by atoms with Crippen LogP contribution in [0.4, 0.5) is 0 Å². The van der Waals surface area contributed by atoms with E-state index in [-0.39, 0.29) is 6.04 Å². The number of likely N-dealkylation sites (tertiary alicyclic amines) is 1. The molecule has 2 N–H and O–H groups in total. The van der Waals surface area contributed by atoms with Gasteiger partial charge in [-0.25, -0.2) is 8.42 Å². The van der Waals surface area contributed by atoms with Crippen molar-refractivity contribution in [3.8, 4) is 0 Å². The number of hydrogen-bond acceptors (Lipinski definition) is 4. The van der Waals surface area contributed by atoms with Gasteiger partial charge >= 0.3 is 0 Å². The Balaban J connectivity index is 1.89. The van der Waals surface area contributed by atoms with E-state index < -0.39 is 9.84 Å². The number of nitrogens with two attached hydrogens (primary N) is 1. The molecule has 4 nitrogen and oxygen atoms in total. The molecule has 2 atom stereocenters. The molecule has 0 aromatic heterocycles. The lowest BCUT2D eigenvalue weighted by molar-refractivity contribution is 0.128. The largest absolute Gasteiger partial charge is 0.327 e. The molecule has 2 heterocycles. The molecule has 0 saturated carbocycles. The zero-order chi connectivity index (χ0) is 10.3. The topological polar surface area (TPSA) is 63.4 Å². The third kappa shape index (κ3) is 1.94. The summed E-state index contributed by atoms with van der Waals surface area (Å²) in [5.74, 6) is 1.20. The molecule has 0 amide bonds. The predicted octanol–water partition coefficient (Wildman–Crippen LogP) is -0.547. The predicted molar refractivity (Wildman–Crippen MR) is 55.8 cm³/mol. The second kappa shape index (κ2) is 3.47. The van der Waals surface area contributed by atoms with E-state index in [1.54, 1.807) is 0 Å². The first kappa shape index (κ1) is 10.4. The molecule has 0 aromatic carbocycles. The van der Waals surface area contributed by atoms with Crippen molar-refractivity contribution >= 4 is 9.84 Å². The van der Waals surface area contributed by atoms with Gasteiger partial charge < -0.3 is 5.73 Å². The Morgan fingerprint density at radius 3 is 2.50 bits per heavy atom. The van der Waals surface area contributed by atoms with Gasteiger partial charge in [-0.1, -0.05) is 6.92 Å². The van der Waals surface area contributed by atoms with E-state index in [2.05, 4.69) is 11.8 Å².